The van der Waals surface area contributed by atoms with Gasteiger partial charge in [0.05, 0.1) is 12.1 Å². The average Bonchev–Trinajstić information content (AvgIpc) is 2.91. The Kier molecular flexibility index (Phi) is 3.68. The van der Waals surface area contributed by atoms with Crippen molar-refractivity contribution in [2.24, 2.45) is 11.7 Å². The zero-order valence-electron chi connectivity index (χ0n) is 11.5. The molecule has 2 N–H and O–H groups in total. The van der Waals surface area contributed by atoms with Crippen molar-refractivity contribution >= 4 is 11.6 Å². The Morgan fingerprint density at radius 2 is 1.80 bits per heavy atom. The molecule has 0 bridgehead atoms. The number of methoxy groups -OCH3 is 1. The first-order chi connectivity index (χ1) is 9.69. The minimum Gasteiger partial charge on any atom is -0.495 e. The van der Waals surface area contributed by atoms with Crippen LogP contribution >= 0.6 is 11.6 Å². The van der Waals surface area contributed by atoms with Crippen LogP contribution in [0.15, 0.2) is 42.5 Å². The van der Waals surface area contributed by atoms with Gasteiger partial charge in [-0.15, -0.1) is 0 Å². The molecule has 3 rings (SSSR count). The highest BCUT2D eigenvalue weighted by Gasteiger charge is 2.27. The highest BCUT2D eigenvalue weighted by molar-refractivity contribution is 6.32. The fourth-order valence-corrected chi connectivity index (χ4v) is 3.20. The number of ether oxygens (including phenoxy) is 1. The summed E-state index contributed by atoms with van der Waals surface area (Å²) in [6.45, 7) is 0. The maximum Gasteiger partial charge on any atom is 0.137 e. The van der Waals surface area contributed by atoms with E-state index in [-0.39, 0.29) is 6.04 Å². The van der Waals surface area contributed by atoms with Gasteiger partial charge in [0.25, 0.3) is 0 Å². The lowest BCUT2D eigenvalue weighted by molar-refractivity contribution is 0.410. The van der Waals surface area contributed by atoms with E-state index in [2.05, 4.69) is 24.3 Å². The predicted molar refractivity (Wildman–Crippen MR) is 82.3 cm³/mol. The molecule has 1 unspecified atom stereocenters. The summed E-state index contributed by atoms with van der Waals surface area (Å²) in [4.78, 5) is 0. The van der Waals surface area contributed by atoms with Gasteiger partial charge in [-0.25, -0.2) is 0 Å². The third kappa shape index (κ3) is 2.41. The normalized spacial score (nSPS) is 15.9. The topological polar surface area (TPSA) is 35.2 Å². The fourth-order valence-electron chi connectivity index (χ4n) is 3.00. The molecule has 3 heteroatoms. The van der Waals surface area contributed by atoms with Crippen molar-refractivity contribution < 1.29 is 4.74 Å². The molecule has 2 aromatic rings. The summed E-state index contributed by atoms with van der Waals surface area (Å²) in [5, 5.41) is 0.623. The number of nitrogens with two attached hydrogens (primary N) is 1. The molecule has 0 aromatic heterocycles. The maximum absolute atomic E-state index is 6.45. The fraction of sp³-hybridized carbons (Fsp3) is 0.294. The summed E-state index contributed by atoms with van der Waals surface area (Å²) < 4.78 is 5.27. The number of rotatable bonds is 3. The van der Waals surface area contributed by atoms with Gasteiger partial charge in [0.15, 0.2) is 0 Å². The number of benzene rings is 2. The summed E-state index contributed by atoms with van der Waals surface area (Å²) in [6.07, 6.45) is 2.09. The van der Waals surface area contributed by atoms with Crippen LogP contribution in [0.1, 0.15) is 22.7 Å². The van der Waals surface area contributed by atoms with E-state index in [0.29, 0.717) is 16.7 Å². The Bertz CT molecular complexity index is 601. The van der Waals surface area contributed by atoms with Crippen LogP contribution in [-0.2, 0) is 12.8 Å². The zero-order chi connectivity index (χ0) is 14.1. The highest BCUT2D eigenvalue weighted by atomic mass is 35.5. The van der Waals surface area contributed by atoms with E-state index in [1.165, 1.54) is 11.1 Å². The largest absolute Gasteiger partial charge is 0.495 e. The van der Waals surface area contributed by atoms with Crippen LogP contribution < -0.4 is 10.5 Å². The second-order valence-electron chi connectivity index (χ2n) is 5.36. The second-order valence-corrected chi connectivity index (χ2v) is 5.76. The Labute approximate surface area is 124 Å². The monoisotopic (exact) mass is 287 g/mol. The van der Waals surface area contributed by atoms with Crippen molar-refractivity contribution in [1.82, 2.24) is 0 Å². The van der Waals surface area contributed by atoms with Gasteiger partial charge in [0.2, 0.25) is 0 Å². The van der Waals surface area contributed by atoms with Gasteiger partial charge < -0.3 is 10.5 Å². The van der Waals surface area contributed by atoms with Gasteiger partial charge >= 0.3 is 0 Å². The van der Waals surface area contributed by atoms with Crippen molar-refractivity contribution in [2.75, 3.05) is 7.11 Å². The van der Waals surface area contributed by atoms with Gasteiger partial charge in [-0.05, 0) is 47.6 Å². The molecule has 0 spiro atoms. The Balaban J connectivity index is 1.82. The molecular formula is C17H18ClNO. The number of hydrogen-bond acceptors (Lipinski definition) is 2. The van der Waals surface area contributed by atoms with Crippen LogP contribution in [0.5, 0.6) is 5.75 Å². The molecule has 0 fully saturated rings. The van der Waals surface area contributed by atoms with Gasteiger partial charge in [-0.3, -0.25) is 0 Å². The second kappa shape index (κ2) is 5.47. The molecule has 2 nitrogen and oxygen atoms in total. The van der Waals surface area contributed by atoms with Gasteiger partial charge in [0, 0.05) is 6.04 Å². The van der Waals surface area contributed by atoms with E-state index in [9.17, 15) is 0 Å². The molecule has 1 aliphatic rings. The van der Waals surface area contributed by atoms with Crippen LogP contribution in [-0.4, -0.2) is 7.11 Å². The number of halogens is 1. The first-order valence-electron chi connectivity index (χ1n) is 6.85. The lowest BCUT2D eigenvalue weighted by atomic mass is 9.91. The van der Waals surface area contributed by atoms with Crippen LogP contribution in [0.25, 0.3) is 0 Å². The van der Waals surface area contributed by atoms with E-state index in [1.807, 2.05) is 18.2 Å². The van der Waals surface area contributed by atoms with Crippen LogP contribution in [0.4, 0.5) is 0 Å². The van der Waals surface area contributed by atoms with Crippen LogP contribution in [0.2, 0.25) is 5.02 Å². The molecule has 0 radical (unpaired) electrons. The average molecular weight is 288 g/mol. The molecule has 20 heavy (non-hydrogen) atoms. The highest BCUT2D eigenvalue weighted by Crippen LogP contribution is 2.36. The third-order valence-corrected chi connectivity index (χ3v) is 4.46. The summed E-state index contributed by atoms with van der Waals surface area (Å²) in [7, 11) is 1.63. The minimum absolute atomic E-state index is 0.00793. The molecule has 0 aliphatic heterocycles. The molecule has 0 amide bonds. The number of hydrogen-bond donors (Lipinski definition) is 1. The minimum atomic E-state index is 0.00793. The van der Waals surface area contributed by atoms with Crippen molar-refractivity contribution in [2.45, 2.75) is 18.9 Å². The first kappa shape index (κ1) is 13.5. The van der Waals surface area contributed by atoms with Gasteiger partial charge in [-0.1, -0.05) is 41.9 Å². The first-order valence-corrected chi connectivity index (χ1v) is 7.22. The lowest BCUT2D eigenvalue weighted by Crippen LogP contribution is -2.21. The summed E-state index contributed by atoms with van der Waals surface area (Å²) >= 11 is 6.07. The third-order valence-electron chi connectivity index (χ3n) is 4.15. The Hall–Kier alpha value is -1.51. The summed E-state index contributed by atoms with van der Waals surface area (Å²) in [5.41, 5.74) is 10.4. The summed E-state index contributed by atoms with van der Waals surface area (Å²) in [6, 6.07) is 14.4. The van der Waals surface area contributed by atoms with E-state index >= 15 is 0 Å². The SMILES string of the molecule is COc1cc(C(N)C2Cc3ccccc3C2)ccc1Cl. The van der Waals surface area contributed by atoms with Crippen molar-refractivity contribution in [3.05, 3.63) is 64.2 Å². The molecule has 1 atom stereocenters. The molecule has 2 aromatic carbocycles. The van der Waals surface area contributed by atoms with Crippen LogP contribution in [0, 0.1) is 5.92 Å². The van der Waals surface area contributed by atoms with Gasteiger partial charge in [0.1, 0.15) is 5.75 Å². The molecule has 1 aliphatic carbocycles. The van der Waals surface area contributed by atoms with E-state index in [0.717, 1.165) is 18.4 Å². The number of fused-ring (bicyclic) bond motifs is 1. The maximum atomic E-state index is 6.45. The zero-order valence-corrected chi connectivity index (χ0v) is 12.2. The molecular weight excluding hydrogens is 270 g/mol. The van der Waals surface area contributed by atoms with E-state index in [1.54, 1.807) is 7.11 Å². The van der Waals surface area contributed by atoms with E-state index in [4.69, 9.17) is 22.1 Å². The standard InChI is InChI=1S/C17H18ClNO/c1-20-16-10-13(6-7-15(16)18)17(19)14-8-11-4-2-3-5-12(11)9-14/h2-7,10,14,17H,8-9,19H2,1H3. The molecule has 0 saturated carbocycles. The van der Waals surface area contributed by atoms with Gasteiger partial charge in [-0.2, -0.15) is 0 Å². The lowest BCUT2D eigenvalue weighted by Gasteiger charge is -2.20. The Morgan fingerprint density at radius 1 is 1.15 bits per heavy atom. The van der Waals surface area contributed by atoms with Crippen molar-refractivity contribution in [3.8, 4) is 5.75 Å². The van der Waals surface area contributed by atoms with Crippen molar-refractivity contribution in [3.63, 3.8) is 0 Å². The van der Waals surface area contributed by atoms with Crippen molar-refractivity contribution in [1.29, 1.82) is 0 Å². The quantitative estimate of drug-likeness (QED) is 0.933. The van der Waals surface area contributed by atoms with E-state index < -0.39 is 0 Å². The molecule has 0 heterocycles. The predicted octanol–water partition coefficient (Wildman–Crippen LogP) is 3.76. The molecule has 0 saturated heterocycles. The smallest absolute Gasteiger partial charge is 0.137 e. The summed E-state index contributed by atoms with van der Waals surface area (Å²) in [5.74, 6) is 1.13. The van der Waals surface area contributed by atoms with Crippen LogP contribution in [0.3, 0.4) is 0 Å². The Morgan fingerprint density at radius 3 is 2.40 bits per heavy atom. The molecule has 104 valence electrons.